The maximum absolute atomic E-state index is 10.4. The number of aryl methyl sites for hydroxylation is 1. The second-order valence-corrected chi connectivity index (χ2v) is 7.60. The molecule has 0 radical (unpaired) electrons. The van der Waals surface area contributed by atoms with E-state index in [9.17, 15) is 5.11 Å². The van der Waals surface area contributed by atoms with E-state index in [1.807, 2.05) is 43.3 Å². The van der Waals surface area contributed by atoms with Gasteiger partial charge in [0.1, 0.15) is 17.0 Å². The van der Waals surface area contributed by atoms with Crippen LogP contribution in [0.25, 0.3) is 22.6 Å². The summed E-state index contributed by atoms with van der Waals surface area (Å²) >= 11 is 3.41. The van der Waals surface area contributed by atoms with Crippen molar-refractivity contribution in [1.29, 1.82) is 0 Å². The van der Waals surface area contributed by atoms with E-state index in [4.69, 9.17) is 13.9 Å². The highest BCUT2D eigenvalue weighted by Crippen LogP contribution is 2.36. The average Bonchev–Trinajstić information content (AvgIpc) is 3.17. The van der Waals surface area contributed by atoms with E-state index in [0.717, 1.165) is 26.7 Å². The molecule has 0 bridgehead atoms. The second kappa shape index (κ2) is 8.20. The Labute approximate surface area is 181 Å². The normalized spacial score (nSPS) is 11.3. The summed E-state index contributed by atoms with van der Waals surface area (Å²) in [6.45, 7) is 2.01. The zero-order valence-electron chi connectivity index (χ0n) is 16.6. The summed E-state index contributed by atoms with van der Waals surface area (Å²) in [5, 5.41) is 10.4. The summed E-state index contributed by atoms with van der Waals surface area (Å²) in [6, 6.07) is 14.8. The number of aromatic hydroxyl groups is 1. The quantitative estimate of drug-likeness (QED) is 0.362. The van der Waals surface area contributed by atoms with Crippen LogP contribution in [0.2, 0.25) is 0 Å². The number of halogens is 1. The molecule has 152 valence electrons. The highest BCUT2D eigenvalue weighted by Gasteiger charge is 2.12. The summed E-state index contributed by atoms with van der Waals surface area (Å²) in [7, 11) is 3.08. The SMILES string of the molecule is COc1ccc(-c2nc3cc(C)ccc3o2)cc1N=Cc1cc(Br)cc(OC)c1O. The average molecular weight is 467 g/mol. The first-order valence-electron chi connectivity index (χ1n) is 9.14. The van der Waals surface area contributed by atoms with Gasteiger partial charge < -0.3 is 19.0 Å². The monoisotopic (exact) mass is 466 g/mol. The van der Waals surface area contributed by atoms with Gasteiger partial charge >= 0.3 is 0 Å². The smallest absolute Gasteiger partial charge is 0.227 e. The van der Waals surface area contributed by atoms with Crippen LogP contribution in [0, 0.1) is 6.92 Å². The van der Waals surface area contributed by atoms with E-state index < -0.39 is 0 Å². The van der Waals surface area contributed by atoms with Crippen LogP contribution in [0.3, 0.4) is 0 Å². The minimum Gasteiger partial charge on any atom is -0.504 e. The van der Waals surface area contributed by atoms with Gasteiger partial charge in [-0.3, -0.25) is 4.99 Å². The van der Waals surface area contributed by atoms with E-state index in [1.165, 1.54) is 7.11 Å². The number of fused-ring (bicyclic) bond motifs is 1. The third kappa shape index (κ3) is 3.89. The summed E-state index contributed by atoms with van der Waals surface area (Å²) < 4.78 is 17.3. The van der Waals surface area contributed by atoms with Gasteiger partial charge in [-0.2, -0.15) is 0 Å². The maximum Gasteiger partial charge on any atom is 0.227 e. The minimum atomic E-state index is 0.00823. The van der Waals surface area contributed by atoms with Crippen molar-refractivity contribution in [3.05, 3.63) is 64.1 Å². The number of phenolic OH excluding ortho intramolecular Hbond substituents is 1. The molecule has 30 heavy (non-hydrogen) atoms. The van der Waals surface area contributed by atoms with Crippen molar-refractivity contribution in [2.75, 3.05) is 14.2 Å². The first-order chi connectivity index (χ1) is 14.5. The maximum atomic E-state index is 10.4. The van der Waals surface area contributed by atoms with Gasteiger partial charge in [0, 0.05) is 21.8 Å². The van der Waals surface area contributed by atoms with Crippen molar-refractivity contribution < 1.29 is 19.0 Å². The Hall–Kier alpha value is -3.32. The predicted molar refractivity (Wildman–Crippen MR) is 120 cm³/mol. The standard InChI is InChI=1S/C23H19BrN2O4/c1-13-4-6-20-18(8-13)26-23(30-20)14-5-7-19(28-2)17(10-14)25-12-15-9-16(24)11-21(29-3)22(15)27/h4-12,27H,1-3H3. The molecule has 3 aromatic carbocycles. The Balaban J connectivity index is 1.75. The van der Waals surface area contributed by atoms with Crippen molar-refractivity contribution >= 4 is 38.9 Å². The number of aromatic nitrogens is 1. The van der Waals surface area contributed by atoms with Crippen molar-refractivity contribution in [1.82, 2.24) is 4.98 Å². The van der Waals surface area contributed by atoms with Crippen molar-refractivity contribution in [3.63, 3.8) is 0 Å². The number of oxazole rings is 1. The van der Waals surface area contributed by atoms with Gasteiger partial charge in [-0.25, -0.2) is 4.98 Å². The van der Waals surface area contributed by atoms with Crippen LogP contribution in [0.15, 0.2) is 62.4 Å². The number of rotatable bonds is 5. The fourth-order valence-electron chi connectivity index (χ4n) is 3.07. The number of methoxy groups -OCH3 is 2. The predicted octanol–water partition coefficient (Wildman–Crippen LogP) is 6.04. The molecule has 6 nitrogen and oxygen atoms in total. The molecule has 0 fully saturated rings. The zero-order chi connectivity index (χ0) is 21.3. The largest absolute Gasteiger partial charge is 0.504 e. The van der Waals surface area contributed by atoms with Gasteiger partial charge in [0.25, 0.3) is 0 Å². The lowest BCUT2D eigenvalue weighted by Crippen LogP contribution is -1.90. The lowest BCUT2D eigenvalue weighted by molar-refractivity contribution is 0.373. The van der Waals surface area contributed by atoms with Crippen LogP contribution in [-0.4, -0.2) is 30.5 Å². The molecule has 4 aromatic rings. The number of aliphatic imine (C=N–C) groups is 1. The first kappa shape index (κ1) is 20.0. The zero-order valence-corrected chi connectivity index (χ0v) is 18.2. The van der Waals surface area contributed by atoms with Crippen molar-refractivity contribution in [2.24, 2.45) is 4.99 Å². The van der Waals surface area contributed by atoms with Gasteiger partial charge in [-0.05, 0) is 55.0 Å². The number of hydrogen-bond donors (Lipinski definition) is 1. The van der Waals surface area contributed by atoms with Crippen LogP contribution >= 0.6 is 15.9 Å². The fourth-order valence-corrected chi connectivity index (χ4v) is 3.53. The Morgan fingerprint density at radius 3 is 2.60 bits per heavy atom. The number of benzene rings is 3. The van der Waals surface area contributed by atoms with Crippen molar-refractivity contribution in [2.45, 2.75) is 6.92 Å². The fraction of sp³-hybridized carbons (Fsp3) is 0.130. The van der Waals surface area contributed by atoms with Crippen LogP contribution in [-0.2, 0) is 0 Å². The van der Waals surface area contributed by atoms with Gasteiger partial charge in [-0.15, -0.1) is 0 Å². The van der Waals surface area contributed by atoms with E-state index in [1.54, 1.807) is 25.5 Å². The van der Waals surface area contributed by atoms with Crippen LogP contribution < -0.4 is 9.47 Å². The molecular formula is C23H19BrN2O4. The Bertz CT molecular complexity index is 1260. The van der Waals surface area contributed by atoms with E-state index in [2.05, 4.69) is 25.9 Å². The molecule has 0 spiro atoms. The number of hydrogen-bond acceptors (Lipinski definition) is 6. The molecule has 0 atom stereocenters. The summed E-state index contributed by atoms with van der Waals surface area (Å²) in [6.07, 6.45) is 1.56. The molecule has 4 rings (SSSR count). The summed E-state index contributed by atoms with van der Waals surface area (Å²) in [5.74, 6) is 1.45. The number of ether oxygens (including phenoxy) is 2. The van der Waals surface area contributed by atoms with E-state index >= 15 is 0 Å². The number of phenols is 1. The van der Waals surface area contributed by atoms with Crippen LogP contribution in [0.4, 0.5) is 5.69 Å². The van der Waals surface area contributed by atoms with Crippen LogP contribution in [0.5, 0.6) is 17.2 Å². The topological polar surface area (TPSA) is 77.1 Å². The van der Waals surface area contributed by atoms with Gasteiger partial charge in [0.15, 0.2) is 17.1 Å². The van der Waals surface area contributed by atoms with Crippen LogP contribution in [0.1, 0.15) is 11.1 Å². The van der Waals surface area contributed by atoms with Gasteiger partial charge in [-0.1, -0.05) is 22.0 Å². The minimum absolute atomic E-state index is 0.00823. The summed E-state index contributed by atoms with van der Waals surface area (Å²) in [4.78, 5) is 9.11. The Kier molecular flexibility index (Phi) is 5.46. The Morgan fingerprint density at radius 2 is 1.83 bits per heavy atom. The Morgan fingerprint density at radius 1 is 1.03 bits per heavy atom. The molecule has 1 N–H and O–H groups in total. The molecule has 0 aliphatic carbocycles. The van der Waals surface area contributed by atoms with E-state index in [0.29, 0.717) is 28.6 Å². The molecule has 7 heteroatoms. The highest BCUT2D eigenvalue weighted by molar-refractivity contribution is 9.10. The summed E-state index contributed by atoms with van der Waals surface area (Å²) in [5.41, 5.74) is 4.50. The molecule has 1 heterocycles. The first-order valence-corrected chi connectivity index (χ1v) is 9.94. The third-order valence-electron chi connectivity index (χ3n) is 4.60. The van der Waals surface area contributed by atoms with Gasteiger partial charge in [0.05, 0.1) is 14.2 Å². The molecular weight excluding hydrogens is 448 g/mol. The third-order valence-corrected chi connectivity index (χ3v) is 5.06. The molecule has 0 saturated carbocycles. The molecule has 0 amide bonds. The van der Waals surface area contributed by atoms with Gasteiger partial charge in [0.2, 0.25) is 5.89 Å². The molecule has 0 unspecified atom stereocenters. The lowest BCUT2D eigenvalue weighted by Gasteiger charge is -2.08. The van der Waals surface area contributed by atoms with Crippen molar-refractivity contribution in [3.8, 4) is 28.7 Å². The lowest BCUT2D eigenvalue weighted by atomic mass is 10.1. The number of nitrogens with zero attached hydrogens (tertiary/aromatic N) is 2. The molecule has 1 aromatic heterocycles. The second-order valence-electron chi connectivity index (χ2n) is 6.68. The highest BCUT2D eigenvalue weighted by atomic mass is 79.9. The van der Waals surface area contributed by atoms with E-state index in [-0.39, 0.29) is 5.75 Å². The molecule has 0 aliphatic rings. The molecule has 0 aliphatic heterocycles. The molecule has 0 saturated heterocycles.